The summed E-state index contributed by atoms with van der Waals surface area (Å²) < 4.78 is 1.58. The maximum Gasteiger partial charge on any atom is 0.141 e. The van der Waals surface area contributed by atoms with Gasteiger partial charge in [-0.25, -0.2) is 4.68 Å². The molecule has 0 radical (unpaired) electrons. The summed E-state index contributed by atoms with van der Waals surface area (Å²) in [4.78, 5) is 8.79. The van der Waals surface area contributed by atoms with Crippen LogP contribution in [0.3, 0.4) is 0 Å². The van der Waals surface area contributed by atoms with E-state index in [1.807, 2.05) is 24.3 Å². The molecule has 6 nitrogen and oxygen atoms in total. The highest BCUT2D eigenvalue weighted by Crippen LogP contribution is 2.33. The van der Waals surface area contributed by atoms with Gasteiger partial charge >= 0.3 is 0 Å². The molecule has 0 atom stereocenters. The lowest BCUT2D eigenvalue weighted by Gasteiger charge is -1.99. The molecule has 0 saturated carbocycles. The summed E-state index contributed by atoms with van der Waals surface area (Å²) in [5, 5.41) is 12.0. The molecule has 90 valence electrons. The molecule has 0 aromatic carbocycles. The molecule has 0 unspecified atom stereocenters. The third-order valence-electron chi connectivity index (χ3n) is 2.97. The second-order valence-corrected chi connectivity index (χ2v) is 4.09. The van der Waals surface area contributed by atoms with Gasteiger partial charge in [-0.15, -0.1) is 10.2 Å². The largest absolute Gasteiger partial charge is 0.254 e. The van der Waals surface area contributed by atoms with E-state index in [1.165, 1.54) is 0 Å². The molecule has 1 aliphatic carbocycles. The maximum atomic E-state index is 4.53. The van der Waals surface area contributed by atoms with Crippen LogP contribution in [0.4, 0.5) is 0 Å². The van der Waals surface area contributed by atoms with Crippen molar-refractivity contribution in [3.8, 4) is 11.4 Å². The van der Waals surface area contributed by atoms with E-state index in [4.69, 9.17) is 0 Å². The van der Waals surface area contributed by atoms with Crippen molar-refractivity contribution >= 4 is 5.71 Å². The molecule has 6 heteroatoms. The number of aromatic nitrogens is 5. The number of hydrogen-bond acceptors (Lipinski definition) is 5. The van der Waals surface area contributed by atoms with Crippen molar-refractivity contribution < 1.29 is 0 Å². The van der Waals surface area contributed by atoms with Crippen LogP contribution in [0.15, 0.2) is 54.4 Å². The lowest BCUT2D eigenvalue weighted by Crippen LogP contribution is -2.01. The van der Waals surface area contributed by atoms with Crippen LogP contribution in [-0.4, -0.2) is 30.6 Å². The van der Waals surface area contributed by atoms with E-state index in [1.54, 1.807) is 29.7 Å². The van der Waals surface area contributed by atoms with Gasteiger partial charge in [-0.1, -0.05) is 0 Å². The van der Waals surface area contributed by atoms with Crippen molar-refractivity contribution in [2.24, 2.45) is 5.10 Å². The first-order chi connectivity index (χ1) is 9.43. The van der Waals surface area contributed by atoms with Crippen LogP contribution in [-0.2, 0) is 0 Å². The van der Waals surface area contributed by atoms with Gasteiger partial charge in [0.05, 0.1) is 11.4 Å². The molecule has 1 aliphatic rings. The molecule has 0 bridgehead atoms. The van der Waals surface area contributed by atoms with Crippen LogP contribution < -0.4 is 0 Å². The highest BCUT2D eigenvalue weighted by molar-refractivity contribution is 6.23. The Morgan fingerprint density at radius 2 is 1.42 bits per heavy atom. The molecule has 0 aliphatic heterocycles. The van der Waals surface area contributed by atoms with E-state index >= 15 is 0 Å². The van der Waals surface area contributed by atoms with Gasteiger partial charge < -0.3 is 0 Å². The van der Waals surface area contributed by atoms with Crippen molar-refractivity contribution in [3.05, 3.63) is 60.4 Å². The monoisotopic (exact) mass is 248 g/mol. The van der Waals surface area contributed by atoms with Gasteiger partial charge in [-0.3, -0.25) is 9.97 Å². The topological polar surface area (TPSA) is 68.8 Å². The van der Waals surface area contributed by atoms with Gasteiger partial charge in [0, 0.05) is 23.5 Å². The first kappa shape index (κ1) is 10.1. The van der Waals surface area contributed by atoms with Gasteiger partial charge in [0.15, 0.2) is 0 Å². The smallest absolute Gasteiger partial charge is 0.141 e. The Morgan fingerprint density at radius 1 is 0.842 bits per heavy atom. The Bertz CT molecular complexity index is 728. The van der Waals surface area contributed by atoms with Gasteiger partial charge in [0.25, 0.3) is 0 Å². The molecule has 19 heavy (non-hydrogen) atoms. The van der Waals surface area contributed by atoms with Gasteiger partial charge in [0.2, 0.25) is 0 Å². The van der Waals surface area contributed by atoms with Crippen molar-refractivity contribution in [2.45, 2.75) is 0 Å². The highest BCUT2D eigenvalue weighted by atomic mass is 15.4. The SMILES string of the molecule is c1cnc2c(c1)C(=Nn1cnnc1)c1cccnc1-2. The fourth-order valence-corrected chi connectivity index (χ4v) is 2.19. The van der Waals surface area contributed by atoms with Gasteiger partial charge in [-0.05, 0) is 24.3 Å². The van der Waals surface area contributed by atoms with E-state index in [2.05, 4.69) is 25.3 Å². The minimum absolute atomic E-state index is 0.839. The first-order valence-electron chi connectivity index (χ1n) is 5.78. The third kappa shape index (κ3) is 1.46. The number of pyridine rings is 2. The second kappa shape index (κ2) is 3.81. The predicted octanol–water partition coefficient (Wildman–Crippen LogP) is 1.35. The van der Waals surface area contributed by atoms with Crippen LogP contribution in [0.1, 0.15) is 11.1 Å². The molecule has 0 fully saturated rings. The molecule has 3 aromatic heterocycles. The lowest BCUT2D eigenvalue weighted by molar-refractivity contribution is 0.873. The number of nitrogens with zero attached hydrogens (tertiary/aromatic N) is 6. The standard InChI is InChI=1S/C13H8N6/c1-3-9-11(18-19-7-16-17-8-19)10-4-2-6-15-13(10)12(9)14-5-1/h1-8H. The fraction of sp³-hybridized carbons (Fsp3) is 0. The van der Waals surface area contributed by atoms with Crippen LogP contribution >= 0.6 is 0 Å². The van der Waals surface area contributed by atoms with Crippen molar-refractivity contribution in [2.75, 3.05) is 0 Å². The van der Waals surface area contributed by atoms with Crippen molar-refractivity contribution in [1.29, 1.82) is 0 Å². The van der Waals surface area contributed by atoms with Crippen LogP contribution in [0.2, 0.25) is 0 Å². The normalized spacial score (nSPS) is 12.1. The van der Waals surface area contributed by atoms with E-state index in [-0.39, 0.29) is 0 Å². The van der Waals surface area contributed by atoms with Gasteiger partial charge in [0.1, 0.15) is 18.4 Å². The summed E-state index contributed by atoms with van der Waals surface area (Å²) in [6, 6.07) is 7.78. The van der Waals surface area contributed by atoms with Crippen molar-refractivity contribution in [3.63, 3.8) is 0 Å². The van der Waals surface area contributed by atoms with E-state index in [0.717, 1.165) is 28.2 Å². The third-order valence-corrected chi connectivity index (χ3v) is 2.97. The number of rotatable bonds is 1. The molecule has 0 saturated heterocycles. The number of fused-ring (bicyclic) bond motifs is 3. The molecular formula is C13H8N6. The Morgan fingerprint density at radius 3 is 2.00 bits per heavy atom. The quantitative estimate of drug-likeness (QED) is 0.510. The molecule has 3 heterocycles. The average Bonchev–Trinajstić information content (AvgIpc) is 3.08. The zero-order chi connectivity index (χ0) is 12.7. The summed E-state index contributed by atoms with van der Waals surface area (Å²) in [6.07, 6.45) is 6.63. The minimum atomic E-state index is 0.839. The maximum absolute atomic E-state index is 4.53. The molecule has 4 rings (SSSR count). The molecule has 0 spiro atoms. The van der Waals surface area contributed by atoms with Crippen LogP contribution in [0.5, 0.6) is 0 Å². The van der Waals surface area contributed by atoms with Crippen LogP contribution in [0.25, 0.3) is 11.4 Å². The minimum Gasteiger partial charge on any atom is -0.254 e. The zero-order valence-electron chi connectivity index (χ0n) is 9.80. The first-order valence-corrected chi connectivity index (χ1v) is 5.78. The molecule has 3 aromatic rings. The zero-order valence-corrected chi connectivity index (χ0v) is 9.80. The molecular weight excluding hydrogens is 240 g/mol. The Hall–Kier alpha value is -2.89. The predicted molar refractivity (Wildman–Crippen MR) is 68.5 cm³/mol. The summed E-state index contributed by atoms with van der Waals surface area (Å²) in [7, 11) is 0. The Labute approximate surface area is 108 Å². The highest BCUT2D eigenvalue weighted by Gasteiger charge is 2.27. The lowest BCUT2D eigenvalue weighted by atomic mass is 10.1. The Balaban J connectivity index is 2.01. The van der Waals surface area contributed by atoms with Crippen LogP contribution in [0, 0.1) is 0 Å². The van der Waals surface area contributed by atoms with E-state index < -0.39 is 0 Å². The van der Waals surface area contributed by atoms with Crippen molar-refractivity contribution in [1.82, 2.24) is 24.8 Å². The van der Waals surface area contributed by atoms with Gasteiger partial charge in [-0.2, -0.15) is 5.10 Å². The molecule has 0 N–H and O–H groups in total. The average molecular weight is 248 g/mol. The second-order valence-electron chi connectivity index (χ2n) is 4.09. The Kier molecular flexibility index (Phi) is 2.02. The van der Waals surface area contributed by atoms with E-state index in [0.29, 0.717) is 0 Å². The summed E-state index contributed by atoms with van der Waals surface area (Å²) in [5.41, 5.74) is 4.52. The molecule has 0 amide bonds. The summed E-state index contributed by atoms with van der Waals surface area (Å²) in [5.74, 6) is 0. The summed E-state index contributed by atoms with van der Waals surface area (Å²) >= 11 is 0. The fourth-order valence-electron chi connectivity index (χ4n) is 2.19. The number of hydrogen-bond donors (Lipinski definition) is 0. The summed E-state index contributed by atoms with van der Waals surface area (Å²) in [6.45, 7) is 0. The van der Waals surface area contributed by atoms with E-state index in [9.17, 15) is 0 Å².